The van der Waals surface area contributed by atoms with E-state index < -0.39 is 0 Å². The van der Waals surface area contributed by atoms with Gasteiger partial charge >= 0.3 is 0 Å². The van der Waals surface area contributed by atoms with Crippen molar-refractivity contribution in [3.63, 3.8) is 0 Å². The Labute approximate surface area is 163 Å². The molecule has 1 heterocycles. The van der Waals surface area contributed by atoms with Gasteiger partial charge in [-0.2, -0.15) is 0 Å². The number of likely N-dealkylation sites (tertiary alicyclic amines) is 1. The number of hydrogen-bond donors (Lipinski definition) is 2. The van der Waals surface area contributed by atoms with Crippen molar-refractivity contribution in [3.8, 4) is 0 Å². The molecular weight excluding hydrogens is 371 g/mol. The highest BCUT2D eigenvalue weighted by molar-refractivity contribution is 6.38. The molecule has 0 unspecified atom stereocenters. The van der Waals surface area contributed by atoms with Crippen LogP contribution < -0.4 is 10.9 Å². The minimum Gasteiger partial charge on any atom is -0.336 e. The minimum atomic E-state index is -0.124. The van der Waals surface area contributed by atoms with Crippen LogP contribution >= 0.6 is 23.2 Å². The number of carbonyl (C=O) groups is 1. The maximum atomic E-state index is 12.9. The lowest BCUT2D eigenvalue weighted by Gasteiger charge is -2.27. The third kappa shape index (κ3) is 5.13. The lowest BCUT2D eigenvalue weighted by Crippen LogP contribution is -2.46. The van der Waals surface area contributed by atoms with E-state index in [9.17, 15) is 4.79 Å². The van der Waals surface area contributed by atoms with Crippen LogP contribution in [0.1, 0.15) is 19.3 Å². The first-order chi connectivity index (χ1) is 12.6. The van der Waals surface area contributed by atoms with Crippen LogP contribution in [0, 0.1) is 0 Å². The summed E-state index contributed by atoms with van der Waals surface area (Å²) in [6.07, 6.45) is 3.19. The van der Waals surface area contributed by atoms with Crippen LogP contribution in [0.5, 0.6) is 0 Å². The van der Waals surface area contributed by atoms with Gasteiger partial charge in [0.15, 0.2) is 0 Å². The molecule has 7 heteroatoms. The summed E-state index contributed by atoms with van der Waals surface area (Å²) in [6, 6.07) is 14.2. The zero-order chi connectivity index (χ0) is 18.4. The van der Waals surface area contributed by atoms with Crippen LogP contribution in [0.2, 0.25) is 10.0 Å². The molecule has 5 nitrogen and oxygen atoms in total. The Bertz CT molecular complexity index is 769. The third-order valence-corrected chi connectivity index (χ3v) is 4.59. The van der Waals surface area contributed by atoms with E-state index in [2.05, 4.69) is 15.8 Å². The van der Waals surface area contributed by atoms with Crippen LogP contribution in [0.25, 0.3) is 0 Å². The molecule has 2 aromatic rings. The van der Waals surface area contributed by atoms with E-state index >= 15 is 0 Å². The molecule has 0 spiro atoms. The minimum absolute atomic E-state index is 0.124. The van der Waals surface area contributed by atoms with Crippen molar-refractivity contribution >= 4 is 46.3 Å². The molecule has 1 amide bonds. The van der Waals surface area contributed by atoms with Crippen LogP contribution in [-0.2, 0) is 4.79 Å². The van der Waals surface area contributed by atoms with E-state index in [-0.39, 0.29) is 11.7 Å². The van der Waals surface area contributed by atoms with Crippen LogP contribution in [-0.4, -0.2) is 29.7 Å². The Morgan fingerprint density at radius 3 is 2.08 bits per heavy atom. The van der Waals surface area contributed by atoms with Gasteiger partial charge in [-0.25, -0.2) is 4.99 Å². The summed E-state index contributed by atoms with van der Waals surface area (Å²) in [4.78, 5) is 19.2. The summed E-state index contributed by atoms with van der Waals surface area (Å²) in [7, 11) is 0. The average Bonchev–Trinajstić information content (AvgIpc) is 2.68. The number of aliphatic imine (C=N–C) groups is 1. The number of halogens is 2. The predicted octanol–water partition coefficient (Wildman–Crippen LogP) is 4.65. The molecule has 0 radical (unpaired) electrons. The number of nitrogens with zero attached hydrogens (tertiary/aromatic N) is 2. The Hall–Kier alpha value is -2.24. The fourth-order valence-electron chi connectivity index (χ4n) is 2.69. The molecule has 0 saturated carbocycles. The van der Waals surface area contributed by atoms with Gasteiger partial charge in [-0.05, 0) is 67.8 Å². The summed E-state index contributed by atoms with van der Waals surface area (Å²) >= 11 is 11.8. The smallest absolute Gasteiger partial charge is 0.291 e. The van der Waals surface area contributed by atoms with Crippen LogP contribution in [0.15, 0.2) is 53.5 Å². The van der Waals surface area contributed by atoms with Crippen LogP contribution in [0.3, 0.4) is 0 Å². The van der Waals surface area contributed by atoms with E-state index in [1.807, 2.05) is 17.0 Å². The first kappa shape index (κ1) is 18.5. The molecule has 26 heavy (non-hydrogen) atoms. The van der Waals surface area contributed by atoms with Gasteiger partial charge in [-0.1, -0.05) is 23.2 Å². The highest BCUT2D eigenvalue weighted by atomic mass is 35.5. The number of amidine groups is 1. The predicted molar refractivity (Wildman–Crippen MR) is 107 cm³/mol. The van der Waals surface area contributed by atoms with E-state index in [0.717, 1.165) is 38.0 Å². The molecule has 3 rings (SSSR count). The van der Waals surface area contributed by atoms with Crippen molar-refractivity contribution in [2.75, 3.05) is 18.5 Å². The maximum Gasteiger partial charge on any atom is 0.291 e. The molecule has 1 aliphatic heterocycles. The number of benzene rings is 2. The second-order valence-corrected chi connectivity index (χ2v) is 6.92. The summed E-state index contributed by atoms with van der Waals surface area (Å²) in [5, 5.41) is 1.27. The standard InChI is InChI=1S/C19H20Cl2N4O/c20-14-4-8-16(9-5-14)22-18(19(26)25-12-2-1-3-13-25)24-23-17-10-6-15(21)7-11-17/h4-11,23H,1-3,12-13H2,(H,22,24). The van der Waals surface area contributed by atoms with Gasteiger partial charge in [-0.15, -0.1) is 0 Å². The zero-order valence-corrected chi connectivity index (χ0v) is 15.7. The van der Waals surface area contributed by atoms with E-state index in [1.165, 1.54) is 0 Å². The number of carbonyl (C=O) groups excluding carboxylic acids is 1. The fourth-order valence-corrected chi connectivity index (χ4v) is 2.94. The SMILES string of the molecule is O=C(C(=Nc1ccc(Cl)cc1)NNc1ccc(Cl)cc1)N1CCCCC1. The first-order valence-corrected chi connectivity index (χ1v) is 9.28. The van der Waals surface area contributed by atoms with Crippen molar-refractivity contribution in [2.45, 2.75) is 19.3 Å². The number of piperidine rings is 1. The molecule has 0 atom stereocenters. The number of hydrogen-bond acceptors (Lipinski definition) is 3. The van der Waals surface area contributed by atoms with Gasteiger partial charge in [-0.3, -0.25) is 15.6 Å². The fraction of sp³-hybridized carbons (Fsp3) is 0.263. The number of amides is 1. The molecule has 2 N–H and O–H groups in total. The second kappa shape index (κ2) is 8.92. The van der Waals surface area contributed by atoms with Crippen molar-refractivity contribution in [3.05, 3.63) is 58.6 Å². The van der Waals surface area contributed by atoms with Gasteiger partial charge in [0, 0.05) is 23.1 Å². The van der Waals surface area contributed by atoms with E-state index in [0.29, 0.717) is 15.7 Å². The Morgan fingerprint density at radius 1 is 0.885 bits per heavy atom. The maximum absolute atomic E-state index is 12.9. The average molecular weight is 391 g/mol. The molecule has 0 aromatic heterocycles. The lowest BCUT2D eigenvalue weighted by atomic mass is 10.1. The normalized spacial score (nSPS) is 14.8. The van der Waals surface area contributed by atoms with Crippen molar-refractivity contribution < 1.29 is 4.79 Å². The molecular formula is C19H20Cl2N4O. The summed E-state index contributed by atoms with van der Waals surface area (Å²) < 4.78 is 0. The van der Waals surface area contributed by atoms with Gasteiger partial charge < -0.3 is 4.90 Å². The van der Waals surface area contributed by atoms with Gasteiger partial charge in [0.05, 0.1) is 11.4 Å². The molecule has 1 saturated heterocycles. The second-order valence-electron chi connectivity index (χ2n) is 6.05. The highest BCUT2D eigenvalue weighted by Crippen LogP contribution is 2.18. The number of nitrogens with one attached hydrogen (secondary N) is 2. The molecule has 0 aliphatic carbocycles. The molecule has 0 bridgehead atoms. The first-order valence-electron chi connectivity index (χ1n) is 8.53. The van der Waals surface area contributed by atoms with Crippen LogP contribution in [0.4, 0.5) is 11.4 Å². The van der Waals surface area contributed by atoms with E-state index in [1.54, 1.807) is 36.4 Å². The van der Waals surface area contributed by atoms with Crippen molar-refractivity contribution in [2.24, 2.45) is 4.99 Å². The quantitative estimate of drug-likeness (QED) is 0.455. The number of rotatable bonds is 3. The lowest BCUT2D eigenvalue weighted by molar-refractivity contribution is -0.125. The topological polar surface area (TPSA) is 56.7 Å². The molecule has 1 fully saturated rings. The van der Waals surface area contributed by atoms with Gasteiger partial charge in [0.25, 0.3) is 5.91 Å². The van der Waals surface area contributed by atoms with Gasteiger partial charge in [0.1, 0.15) is 0 Å². The zero-order valence-electron chi connectivity index (χ0n) is 14.2. The molecule has 2 aromatic carbocycles. The monoisotopic (exact) mass is 390 g/mol. The Kier molecular flexibility index (Phi) is 6.36. The molecule has 1 aliphatic rings. The Balaban J connectivity index is 1.78. The van der Waals surface area contributed by atoms with Gasteiger partial charge in [0.2, 0.25) is 5.84 Å². The largest absolute Gasteiger partial charge is 0.336 e. The highest BCUT2D eigenvalue weighted by Gasteiger charge is 2.22. The summed E-state index contributed by atoms with van der Waals surface area (Å²) in [5.41, 5.74) is 7.39. The Morgan fingerprint density at radius 2 is 1.46 bits per heavy atom. The van der Waals surface area contributed by atoms with E-state index in [4.69, 9.17) is 23.2 Å². The van der Waals surface area contributed by atoms with Crippen molar-refractivity contribution in [1.29, 1.82) is 0 Å². The third-order valence-electron chi connectivity index (χ3n) is 4.08. The number of hydrazine groups is 1. The summed E-state index contributed by atoms with van der Waals surface area (Å²) in [5.74, 6) is 0.116. The summed E-state index contributed by atoms with van der Waals surface area (Å²) in [6.45, 7) is 1.50. The number of anilines is 1. The van der Waals surface area contributed by atoms with Crippen molar-refractivity contribution in [1.82, 2.24) is 10.3 Å². The molecule has 136 valence electrons.